The molecule has 0 bridgehead atoms. The van der Waals surface area contributed by atoms with Gasteiger partial charge < -0.3 is 16.7 Å². The van der Waals surface area contributed by atoms with Gasteiger partial charge in [0.15, 0.2) is 0 Å². The Bertz CT molecular complexity index is 2990. The van der Waals surface area contributed by atoms with Gasteiger partial charge in [0.05, 0.1) is 27.8 Å². The molecule has 0 saturated heterocycles. The number of benzene rings is 8. The van der Waals surface area contributed by atoms with Crippen LogP contribution in [0.5, 0.6) is 11.5 Å². The van der Waals surface area contributed by atoms with Crippen molar-refractivity contribution in [2.45, 2.75) is 6.92 Å². The third kappa shape index (κ3) is 6.65. The molecule has 0 saturated carbocycles. The first-order valence-electron chi connectivity index (χ1n) is 19.4. The number of rotatable bonds is 7. The van der Waals surface area contributed by atoms with Gasteiger partial charge in [-0.3, -0.25) is 0 Å². The Hall–Kier alpha value is -7.10. The van der Waals surface area contributed by atoms with E-state index in [1.807, 2.05) is 61.5 Å². The number of pyridine rings is 1. The lowest BCUT2D eigenvalue weighted by Crippen LogP contribution is -2.11. The fourth-order valence-corrected chi connectivity index (χ4v) is 8.58. The minimum Gasteiger partial charge on any atom is -0.616 e. The second kappa shape index (κ2) is 15.4. The van der Waals surface area contributed by atoms with Gasteiger partial charge in [0.1, 0.15) is 11.3 Å². The van der Waals surface area contributed by atoms with Gasteiger partial charge in [-0.2, -0.15) is 0 Å². The van der Waals surface area contributed by atoms with Crippen LogP contribution >= 0.6 is 0 Å². The molecule has 0 spiro atoms. The molecule has 8 aromatic carbocycles. The molecule has 6 heteroatoms. The maximum Gasteiger partial charge on any atom is 0.881 e. The van der Waals surface area contributed by atoms with E-state index in [9.17, 15) is 0 Å². The van der Waals surface area contributed by atoms with E-state index < -0.39 is 15.9 Å². The number of aromatic nitrogens is 3. The summed E-state index contributed by atoms with van der Waals surface area (Å²) in [5.74, 6) is 1.58. The Labute approximate surface area is 343 Å². The summed E-state index contributed by atoms with van der Waals surface area (Å²) in [6, 6.07) is 71.9. The van der Waals surface area contributed by atoms with Gasteiger partial charge >= 0.3 is 15.9 Å². The fourth-order valence-electron chi connectivity index (χ4n) is 7.97. The van der Waals surface area contributed by atoms with Crippen molar-refractivity contribution < 1.29 is 7.58 Å². The van der Waals surface area contributed by atoms with Crippen molar-refractivity contribution in [2.24, 2.45) is 0 Å². The van der Waals surface area contributed by atoms with Crippen LogP contribution < -0.4 is 7.58 Å². The van der Waals surface area contributed by atoms with Crippen LogP contribution in [0.4, 0.5) is 0 Å². The summed E-state index contributed by atoms with van der Waals surface area (Å²) in [5.41, 5.74) is 11.5. The molecule has 0 aliphatic rings. The third-order valence-corrected chi connectivity index (χ3v) is 11.4. The van der Waals surface area contributed by atoms with Crippen LogP contribution in [0.1, 0.15) is 5.69 Å². The Balaban J connectivity index is 0.000000144. The predicted octanol–water partition coefficient (Wildman–Crippen LogP) is 13.1. The van der Waals surface area contributed by atoms with E-state index in [-0.39, 0.29) is 0 Å². The Morgan fingerprint density at radius 3 is 1.45 bits per heavy atom. The lowest BCUT2D eigenvalue weighted by atomic mass is 10.1. The van der Waals surface area contributed by atoms with Crippen molar-refractivity contribution in [3.63, 3.8) is 0 Å². The maximum atomic E-state index is 5.89. The van der Waals surface area contributed by atoms with Gasteiger partial charge in [0.25, 0.3) is 0 Å². The molecular weight excluding hydrogens is 726 g/mol. The minimum atomic E-state index is -0.665. The van der Waals surface area contributed by atoms with Crippen LogP contribution in [-0.4, -0.2) is 30.0 Å². The first-order valence-corrected chi connectivity index (χ1v) is 20.4. The average Bonchev–Trinajstić information content (AvgIpc) is 3.81. The number of hydrogen-bond acceptors (Lipinski definition) is 3. The maximum absolute atomic E-state index is 5.89. The van der Waals surface area contributed by atoms with E-state index in [1.54, 1.807) is 0 Å². The number of nitrogens with zero attached hydrogens (tertiary/aromatic N) is 3. The van der Waals surface area contributed by atoms with E-state index in [4.69, 9.17) is 7.58 Å². The summed E-state index contributed by atoms with van der Waals surface area (Å²) in [7, 11) is 0. The first-order chi connectivity index (χ1) is 28.7. The van der Waals surface area contributed by atoms with Crippen molar-refractivity contribution in [3.8, 4) is 34.0 Å². The second-order valence-corrected chi connectivity index (χ2v) is 14.9. The average molecular weight is 763 g/mol. The summed E-state index contributed by atoms with van der Waals surface area (Å²) in [4.78, 5) is 4.58. The van der Waals surface area contributed by atoms with Gasteiger partial charge in [0.2, 0.25) is 0 Å². The summed E-state index contributed by atoms with van der Waals surface area (Å²) >= 11 is -0.665. The quantitative estimate of drug-likeness (QED) is 0.152. The molecule has 1 radical (unpaired) electrons. The van der Waals surface area contributed by atoms with Crippen molar-refractivity contribution >= 4 is 70.4 Å². The van der Waals surface area contributed by atoms with Crippen LogP contribution in [0.15, 0.2) is 206 Å². The summed E-state index contributed by atoms with van der Waals surface area (Å²) in [6.45, 7) is 1.98. The Morgan fingerprint density at radius 2 is 0.897 bits per heavy atom. The molecule has 0 amide bonds. The normalized spacial score (nSPS) is 11.2. The van der Waals surface area contributed by atoms with Crippen LogP contribution in [0, 0.1) is 6.92 Å². The van der Waals surface area contributed by atoms with Crippen molar-refractivity contribution in [1.29, 1.82) is 0 Å². The van der Waals surface area contributed by atoms with Crippen LogP contribution in [0.2, 0.25) is 0 Å². The predicted molar refractivity (Wildman–Crippen MR) is 240 cm³/mol. The monoisotopic (exact) mass is 762 g/mol. The zero-order chi connectivity index (χ0) is 38.8. The molecule has 0 N–H and O–H groups in total. The Kier molecular flexibility index (Phi) is 9.41. The van der Waals surface area contributed by atoms with E-state index in [0.717, 1.165) is 28.1 Å². The molecule has 58 heavy (non-hydrogen) atoms. The van der Waals surface area contributed by atoms with E-state index >= 15 is 0 Å². The summed E-state index contributed by atoms with van der Waals surface area (Å²) < 4.78 is 16.5. The van der Waals surface area contributed by atoms with Gasteiger partial charge in [-0.15, -0.1) is 0 Å². The molecule has 275 valence electrons. The Morgan fingerprint density at radius 1 is 0.414 bits per heavy atom. The van der Waals surface area contributed by atoms with Crippen molar-refractivity contribution in [2.75, 3.05) is 0 Å². The smallest absolute Gasteiger partial charge is 0.616 e. The molecule has 0 aliphatic heterocycles. The molecule has 0 atom stereocenters. The number of aryl methyl sites for hydroxylation is 1. The second-order valence-electron chi connectivity index (χ2n) is 14.3. The SMILES string of the molecule is Cc1ccc2cccc([O][Al][O]c3ccc(-c4ccccc4)cc3)c2n1.c1cc(-n2c3ccccc3c3ccccc32)cc(-n2c3ccccc3c3ccccc32)c1. The minimum absolute atomic E-state index is 0.665. The van der Waals surface area contributed by atoms with E-state index in [0.29, 0.717) is 0 Å². The van der Waals surface area contributed by atoms with E-state index in [1.165, 1.54) is 66.1 Å². The summed E-state index contributed by atoms with van der Waals surface area (Å²) in [6.07, 6.45) is 0. The molecular formula is C52H37AlN3O2. The highest BCUT2D eigenvalue weighted by molar-refractivity contribution is 6.21. The molecule has 11 aromatic rings. The zero-order valence-electron chi connectivity index (χ0n) is 31.9. The highest BCUT2D eigenvalue weighted by Gasteiger charge is 2.15. The molecule has 11 rings (SSSR count). The number of fused-ring (bicyclic) bond motifs is 7. The largest absolute Gasteiger partial charge is 0.881 e. The molecule has 0 fully saturated rings. The van der Waals surface area contributed by atoms with Gasteiger partial charge in [-0.1, -0.05) is 140 Å². The fraction of sp³-hybridized carbons (Fsp3) is 0.0192. The van der Waals surface area contributed by atoms with Gasteiger partial charge in [0, 0.05) is 44.0 Å². The molecule has 3 aromatic heterocycles. The van der Waals surface area contributed by atoms with Gasteiger partial charge in [-0.05, 0) is 84.8 Å². The third-order valence-electron chi connectivity index (χ3n) is 10.6. The molecule has 0 aliphatic carbocycles. The molecule has 0 unspecified atom stereocenters. The first kappa shape index (κ1) is 35.3. The lowest BCUT2D eigenvalue weighted by Gasteiger charge is -2.12. The standard InChI is InChI=1S/C30H20N2.C12H10O.C10H9NO.Al/c1-5-16-27-23(12-1)24-13-2-6-17-28(24)31(27)21-10-9-11-22(20-21)32-29-18-7-3-14-25(29)26-15-4-8-19-30(26)32;13-12-8-6-11(7-9-12)10-4-2-1-3-5-10;1-7-5-6-8-3-2-4-9(12)10(8)11-7;/h1-20H;1-9,13H;2-6,12H,1H3;/q;;;+2/p-2. The molecule has 5 nitrogen and oxygen atoms in total. The highest BCUT2D eigenvalue weighted by atomic mass is 27.2. The highest BCUT2D eigenvalue weighted by Crippen LogP contribution is 2.35. The summed E-state index contributed by atoms with van der Waals surface area (Å²) in [5, 5.41) is 6.20. The van der Waals surface area contributed by atoms with Crippen LogP contribution in [0.3, 0.4) is 0 Å². The lowest BCUT2D eigenvalue weighted by molar-refractivity contribution is 0.461. The zero-order valence-corrected chi connectivity index (χ0v) is 33.0. The van der Waals surface area contributed by atoms with Crippen LogP contribution in [0.25, 0.3) is 77.0 Å². The van der Waals surface area contributed by atoms with Crippen molar-refractivity contribution in [3.05, 3.63) is 212 Å². The number of para-hydroxylation sites is 5. The van der Waals surface area contributed by atoms with Crippen molar-refractivity contribution in [1.82, 2.24) is 14.1 Å². The van der Waals surface area contributed by atoms with Gasteiger partial charge in [-0.25, -0.2) is 4.98 Å². The topological polar surface area (TPSA) is 41.2 Å². The van der Waals surface area contributed by atoms with Crippen LogP contribution in [-0.2, 0) is 0 Å². The van der Waals surface area contributed by atoms with E-state index in [2.05, 4.69) is 166 Å². The number of hydrogen-bond donors (Lipinski definition) is 0. The molecule has 3 heterocycles.